The van der Waals surface area contributed by atoms with Gasteiger partial charge in [-0.3, -0.25) is 0 Å². The molecule has 6 heteroatoms. The van der Waals surface area contributed by atoms with E-state index in [9.17, 15) is 0 Å². The lowest BCUT2D eigenvalue weighted by Crippen LogP contribution is -2.70. The molecule has 5 fully saturated rings. The van der Waals surface area contributed by atoms with Gasteiger partial charge in [0.1, 0.15) is 37.0 Å². The van der Waals surface area contributed by atoms with Gasteiger partial charge in [0.25, 0.3) is 0 Å². The summed E-state index contributed by atoms with van der Waals surface area (Å²) in [6.07, 6.45) is 22.5. The van der Waals surface area contributed by atoms with Gasteiger partial charge in [-0.25, -0.2) is 0 Å². The molecule has 0 radical (unpaired) electrons. The van der Waals surface area contributed by atoms with E-state index >= 15 is 0 Å². The summed E-state index contributed by atoms with van der Waals surface area (Å²) in [6.45, 7) is 16.7. The molecule has 0 N–H and O–H groups in total. The van der Waals surface area contributed by atoms with Crippen molar-refractivity contribution in [2.75, 3.05) is 0 Å². The van der Waals surface area contributed by atoms with Gasteiger partial charge >= 0.3 is 0 Å². The summed E-state index contributed by atoms with van der Waals surface area (Å²) < 4.78 is 0. The lowest BCUT2D eigenvalue weighted by molar-refractivity contribution is -0.0927. The van der Waals surface area contributed by atoms with E-state index in [0.717, 1.165) is 0 Å². The SMILES string of the molecule is C=CN1C2C3N(C=C)C4C(N(/C=C\C)C(C1N4/C=C/C)N2C=CC)N3/C=C\C. The molecule has 5 aliphatic rings. The Bertz CT molecular complexity index is 689. The molecule has 0 aromatic carbocycles. The third-order valence-electron chi connectivity index (χ3n) is 6.17. The van der Waals surface area contributed by atoms with Gasteiger partial charge in [-0.05, 0) is 64.9 Å². The summed E-state index contributed by atoms with van der Waals surface area (Å²) in [5, 5.41) is 0. The summed E-state index contributed by atoms with van der Waals surface area (Å²) in [7, 11) is 0. The van der Waals surface area contributed by atoms with Crippen LogP contribution in [0.25, 0.3) is 0 Å². The monoisotopic (exact) mass is 380 g/mol. The standard InChI is InChI=1S/C22H32N6/c1-7-13-25-19-21-26(14-8-2)17(23(19)11-5)18-24(12-6)20(25)22(27(18)15-9-3)28(21)16-10-4/h7-22H,5-6H2,1-4H3/b13-7+,14-8-,15-9?,16-10-. The van der Waals surface area contributed by atoms with E-state index in [1.54, 1.807) is 0 Å². The van der Waals surface area contributed by atoms with Gasteiger partial charge in [-0.15, -0.1) is 0 Å². The fraction of sp³-hybridized carbons (Fsp3) is 0.455. The van der Waals surface area contributed by atoms with Crippen molar-refractivity contribution in [3.63, 3.8) is 0 Å². The Labute approximate surface area is 169 Å². The molecule has 6 bridgehead atoms. The minimum atomic E-state index is 0.135. The number of allylic oxidation sites excluding steroid dienone is 4. The maximum absolute atomic E-state index is 4.19. The van der Waals surface area contributed by atoms with Crippen LogP contribution in [0.4, 0.5) is 0 Å². The molecule has 0 aromatic rings. The molecule has 0 aliphatic carbocycles. The Morgan fingerprint density at radius 2 is 0.643 bits per heavy atom. The fourth-order valence-electron chi connectivity index (χ4n) is 5.54. The first-order valence-electron chi connectivity index (χ1n) is 10.1. The van der Waals surface area contributed by atoms with Gasteiger partial charge in [0.2, 0.25) is 0 Å². The van der Waals surface area contributed by atoms with Crippen LogP contribution < -0.4 is 0 Å². The molecule has 5 aliphatic heterocycles. The number of hydrogen-bond donors (Lipinski definition) is 0. The quantitative estimate of drug-likeness (QED) is 0.700. The molecule has 6 atom stereocenters. The smallest absolute Gasteiger partial charge is 0.144 e. The first-order chi connectivity index (χ1) is 13.7. The van der Waals surface area contributed by atoms with E-state index in [2.05, 4.69) is 119 Å². The molecule has 150 valence electrons. The van der Waals surface area contributed by atoms with Crippen LogP contribution in [0.3, 0.4) is 0 Å². The topological polar surface area (TPSA) is 19.4 Å². The van der Waals surface area contributed by atoms with Crippen molar-refractivity contribution in [3.8, 4) is 0 Å². The number of nitrogens with zero attached hydrogens (tertiary/aromatic N) is 6. The van der Waals surface area contributed by atoms with Crippen molar-refractivity contribution in [2.24, 2.45) is 0 Å². The molecule has 6 nitrogen and oxygen atoms in total. The van der Waals surface area contributed by atoms with Crippen LogP contribution in [0.2, 0.25) is 0 Å². The van der Waals surface area contributed by atoms with Gasteiger partial charge in [0, 0.05) is 0 Å². The third-order valence-corrected chi connectivity index (χ3v) is 6.17. The molecule has 0 amide bonds. The molecule has 5 heterocycles. The normalized spacial score (nSPS) is 36.6. The minimum Gasteiger partial charge on any atom is -0.331 e. The van der Waals surface area contributed by atoms with Gasteiger partial charge in [-0.1, -0.05) is 37.5 Å². The Kier molecular flexibility index (Phi) is 4.65. The summed E-state index contributed by atoms with van der Waals surface area (Å²) in [6, 6.07) is 0. The van der Waals surface area contributed by atoms with E-state index in [4.69, 9.17) is 0 Å². The Hall–Kier alpha value is -2.76. The van der Waals surface area contributed by atoms with Crippen molar-refractivity contribution < 1.29 is 0 Å². The highest BCUT2D eigenvalue weighted by molar-refractivity contribution is 5.25. The number of rotatable bonds is 6. The van der Waals surface area contributed by atoms with Crippen LogP contribution in [0.5, 0.6) is 0 Å². The summed E-state index contributed by atoms with van der Waals surface area (Å²) in [4.78, 5) is 14.8. The first-order valence-corrected chi connectivity index (χ1v) is 10.1. The van der Waals surface area contributed by atoms with E-state index in [1.807, 2.05) is 12.4 Å². The highest BCUT2D eigenvalue weighted by Gasteiger charge is 2.69. The van der Waals surface area contributed by atoms with Gasteiger partial charge in [0.05, 0.1) is 0 Å². The van der Waals surface area contributed by atoms with Crippen molar-refractivity contribution in [3.05, 3.63) is 74.7 Å². The van der Waals surface area contributed by atoms with Crippen LogP contribution in [0.15, 0.2) is 74.7 Å². The molecule has 5 saturated heterocycles. The summed E-state index contributed by atoms with van der Waals surface area (Å²) in [5.74, 6) is 0. The lowest BCUT2D eigenvalue weighted by Gasteiger charge is -2.54. The van der Waals surface area contributed by atoms with E-state index < -0.39 is 0 Å². The zero-order chi connectivity index (χ0) is 20.0. The molecule has 28 heavy (non-hydrogen) atoms. The molecule has 0 saturated carbocycles. The first kappa shape index (κ1) is 18.6. The van der Waals surface area contributed by atoms with Crippen LogP contribution in [-0.2, 0) is 0 Å². The Balaban J connectivity index is 2.02. The van der Waals surface area contributed by atoms with Crippen molar-refractivity contribution in [2.45, 2.75) is 64.7 Å². The van der Waals surface area contributed by atoms with Crippen molar-refractivity contribution in [1.82, 2.24) is 29.4 Å². The Morgan fingerprint density at radius 1 is 0.429 bits per heavy atom. The summed E-state index contributed by atoms with van der Waals surface area (Å²) in [5.41, 5.74) is 0. The van der Waals surface area contributed by atoms with Gasteiger partial charge in [0.15, 0.2) is 0 Å². The fourth-order valence-corrected chi connectivity index (χ4v) is 5.54. The number of piperazine rings is 1. The van der Waals surface area contributed by atoms with Crippen LogP contribution in [0.1, 0.15) is 27.7 Å². The molecule has 0 aromatic heterocycles. The van der Waals surface area contributed by atoms with E-state index in [-0.39, 0.29) is 37.0 Å². The second kappa shape index (κ2) is 7.00. The Morgan fingerprint density at radius 3 is 0.821 bits per heavy atom. The number of hydrogen-bond acceptors (Lipinski definition) is 6. The zero-order valence-electron chi connectivity index (χ0n) is 17.3. The minimum absolute atomic E-state index is 0.135. The molecular formula is C22H32N6. The van der Waals surface area contributed by atoms with Crippen molar-refractivity contribution in [1.29, 1.82) is 0 Å². The molecule has 0 spiro atoms. The maximum atomic E-state index is 4.19. The molecule has 5 rings (SSSR count). The van der Waals surface area contributed by atoms with Crippen molar-refractivity contribution >= 4 is 0 Å². The van der Waals surface area contributed by atoms with Gasteiger partial charge < -0.3 is 29.4 Å². The predicted octanol–water partition coefficient (Wildman–Crippen LogP) is 3.23. The van der Waals surface area contributed by atoms with Gasteiger partial charge in [-0.2, -0.15) is 0 Å². The molecular weight excluding hydrogens is 348 g/mol. The van der Waals surface area contributed by atoms with Crippen LogP contribution in [-0.4, -0.2) is 66.4 Å². The van der Waals surface area contributed by atoms with E-state index in [1.165, 1.54) is 0 Å². The predicted molar refractivity (Wildman–Crippen MR) is 113 cm³/mol. The largest absolute Gasteiger partial charge is 0.331 e. The second-order valence-electron chi connectivity index (χ2n) is 7.46. The summed E-state index contributed by atoms with van der Waals surface area (Å²) >= 11 is 0. The van der Waals surface area contributed by atoms with E-state index in [0.29, 0.717) is 0 Å². The maximum Gasteiger partial charge on any atom is 0.144 e. The lowest BCUT2D eigenvalue weighted by atomic mass is 10.1. The van der Waals surface area contributed by atoms with Crippen LogP contribution in [0, 0.1) is 0 Å². The zero-order valence-corrected chi connectivity index (χ0v) is 17.3. The second-order valence-corrected chi connectivity index (χ2v) is 7.46. The molecule has 6 unspecified atom stereocenters. The van der Waals surface area contributed by atoms with Crippen LogP contribution >= 0.6 is 0 Å². The highest BCUT2D eigenvalue weighted by Crippen LogP contribution is 2.52. The average molecular weight is 381 g/mol. The average Bonchev–Trinajstić information content (AvgIpc) is 3.12. The third kappa shape index (κ3) is 2.14. The highest BCUT2D eigenvalue weighted by atomic mass is 15.8.